The van der Waals surface area contributed by atoms with E-state index in [0.29, 0.717) is 11.3 Å². The number of halogens is 1. The second kappa shape index (κ2) is 3.51. The van der Waals surface area contributed by atoms with Gasteiger partial charge in [0.1, 0.15) is 17.2 Å². The lowest BCUT2D eigenvalue weighted by Crippen LogP contribution is -2.21. The maximum absolute atomic E-state index is 12.7. The van der Waals surface area contributed by atoms with Crippen molar-refractivity contribution in [3.05, 3.63) is 59.8 Å². The molecule has 2 aromatic rings. The van der Waals surface area contributed by atoms with Gasteiger partial charge in [-0.25, -0.2) is 4.39 Å². The fourth-order valence-corrected chi connectivity index (χ4v) is 1.47. The van der Waals surface area contributed by atoms with Crippen LogP contribution in [0.4, 0.5) is 4.39 Å². The van der Waals surface area contributed by atoms with E-state index in [-0.39, 0.29) is 5.82 Å². The molecule has 0 saturated heterocycles. The first-order valence-electron chi connectivity index (χ1n) is 4.63. The molecule has 0 amide bonds. The molecule has 1 atom stereocenters. The van der Waals surface area contributed by atoms with Crippen LogP contribution in [-0.4, -0.2) is 5.11 Å². The van der Waals surface area contributed by atoms with E-state index in [9.17, 15) is 9.50 Å². The summed E-state index contributed by atoms with van der Waals surface area (Å²) in [7, 11) is 0. The highest BCUT2D eigenvalue weighted by atomic mass is 19.1. The van der Waals surface area contributed by atoms with Crippen LogP contribution < -0.4 is 0 Å². The largest absolute Gasteiger partial charge is 0.466 e. The molecule has 2 nitrogen and oxygen atoms in total. The summed E-state index contributed by atoms with van der Waals surface area (Å²) in [6, 6.07) is 9.09. The number of aliphatic hydroxyl groups is 1. The van der Waals surface area contributed by atoms with E-state index in [1.165, 1.54) is 30.5 Å². The highest BCUT2D eigenvalue weighted by Crippen LogP contribution is 2.29. The summed E-state index contributed by atoms with van der Waals surface area (Å²) >= 11 is 0. The first-order valence-corrected chi connectivity index (χ1v) is 4.63. The first kappa shape index (κ1) is 9.93. The van der Waals surface area contributed by atoms with Crippen LogP contribution in [0.2, 0.25) is 0 Å². The zero-order valence-electron chi connectivity index (χ0n) is 8.27. The van der Waals surface area contributed by atoms with Crippen LogP contribution in [0.25, 0.3) is 0 Å². The van der Waals surface area contributed by atoms with E-state index < -0.39 is 5.60 Å². The van der Waals surface area contributed by atoms with Crippen LogP contribution in [0.3, 0.4) is 0 Å². The fourth-order valence-electron chi connectivity index (χ4n) is 1.47. The summed E-state index contributed by atoms with van der Waals surface area (Å²) in [5.74, 6) is 0.114. The first-order chi connectivity index (χ1) is 7.10. The second-order valence-corrected chi connectivity index (χ2v) is 3.56. The molecule has 0 saturated carbocycles. The molecular formula is C12H11FO2. The maximum Gasteiger partial charge on any atom is 0.144 e. The van der Waals surface area contributed by atoms with Gasteiger partial charge in [0.2, 0.25) is 0 Å². The molecule has 2 rings (SSSR count). The van der Waals surface area contributed by atoms with Crippen LogP contribution >= 0.6 is 0 Å². The molecule has 1 N–H and O–H groups in total. The summed E-state index contributed by atoms with van der Waals surface area (Å²) in [5, 5.41) is 10.2. The van der Waals surface area contributed by atoms with Crippen molar-refractivity contribution >= 4 is 0 Å². The van der Waals surface area contributed by atoms with Crippen molar-refractivity contribution in [2.75, 3.05) is 0 Å². The topological polar surface area (TPSA) is 33.4 Å². The number of rotatable bonds is 2. The van der Waals surface area contributed by atoms with Crippen molar-refractivity contribution in [2.45, 2.75) is 12.5 Å². The van der Waals surface area contributed by atoms with Gasteiger partial charge >= 0.3 is 0 Å². The third-order valence-electron chi connectivity index (χ3n) is 2.41. The number of hydrogen-bond donors (Lipinski definition) is 1. The Balaban J connectivity index is 2.41. The van der Waals surface area contributed by atoms with E-state index in [2.05, 4.69) is 0 Å². The van der Waals surface area contributed by atoms with Crippen molar-refractivity contribution in [1.82, 2.24) is 0 Å². The maximum atomic E-state index is 12.7. The smallest absolute Gasteiger partial charge is 0.144 e. The van der Waals surface area contributed by atoms with E-state index in [0.717, 1.165) is 0 Å². The molecule has 0 fully saturated rings. The third kappa shape index (κ3) is 1.78. The number of furan rings is 1. The molecule has 1 unspecified atom stereocenters. The predicted molar refractivity (Wildman–Crippen MR) is 53.8 cm³/mol. The van der Waals surface area contributed by atoms with Crippen LogP contribution in [0, 0.1) is 5.82 Å². The highest BCUT2D eigenvalue weighted by Gasteiger charge is 2.28. The molecule has 15 heavy (non-hydrogen) atoms. The summed E-state index contributed by atoms with van der Waals surface area (Å²) in [6.07, 6.45) is 1.49. The van der Waals surface area contributed by atoms with Gasteiger partial charge in [-0.2, -0.15) is 0 Å². The lowest BCUT2D eigenvalue weighted by atomic mass is 9.93. The van der Waals surface area contributed by atoms with Crippen molar-refractivity contribution in [1.29, 1.82) is 0 Å². The van der Waals surface area contributed by atoms with Gasteiger partial charge in [-0.3, -0.25) is 0 Å². The molecule has 1 heterocycles. The van der Waals surface area contributed by atoms with Crippen molar-refractivity contribution in [3.63, 3.8) is 0 Å². The van der Waals surface area contributed by atoms with Gasteiger partial charge in [-0.1, -0.05) is 12.1 Å². The molecule has 0 aliphatic carbocycles. The van der Waals surface area contributed by atoms with Gasteiger partial charge in [0.15, 0.2) is 0 Å². The molecule has 1 aromatic carbocycles. The van der Waals surface area contributed by atoms with Gasteiger partial charge in [0.25, 0.3) is 0 Å². The Hall–Kier alpha value is -1.61. The monoisotopic (exact) mass is 206 g/mol. The van der Waals surface area contributed by atoms with Crippen LogP contribution in [0.1, 0.15) is 18.2 Å². The zero-order chi connectivity index (χ0) is 10.9. The Labute approximate surface area is 87.0 Å². The minimum atomic E-state index is -1.23. The molecule has 78 valence electrons. The Bertz CT molecular complexity index is 429. The molecule has 0 bridgehead atoms. The SMILES string of the molecule is CC(O)(c1ccc(F)cc1)c1ccco1. The lowest BCUT2D eigenvalue weighted by Gasteiger charge is -2.21. The molecule has 1 aromatic heterocycles. The minimum Gasteiger partial charge on any atom is -0.466 e. The summed E-state index contributed by atoms with van der Waals surface area (Å²) in [6.45, 7) is 1.61. The predicted octanol–water partition coefficient (Wildman–Crippen LogP) is 2.67. The Morgan fingerprint density at radius 1 is 1.20 bits per heavy atom. The fraction of sp³-hybridized carbons (Fsp3) is 0.167. The van der Waals surface area contributed by atoms with E-state index in [1.54, 1.807) is 19.1 Å². The Morgan fingerprint density at radius 2 is 1.87 bits per heavy atom. The van der Waals surface area contributed by atoms with Crippen LogP contribution in [-0.2, 0) is 5.60 Å². The average Bonchev–Trinajstić information content (AvgIpc) is 2.71. The molecule has 0 radical (unpaired) electrons. The minimum absolute atomic E-state index is 0.325. The molecule has 0 aliphatic heterocycles. The summed E-state index contributed by atoms with van der Waals surface area (Å²) < 4.78 is 17.9. The second-order valence-electron chi connectivity index (χ2n) is 3.56. The highest BCUT2D eigenvalue weighted by molar-refractivity contribution is 5.29. The summed E-state index contributed by atoms with van der Waals surface area (Å²) in [5.41, 5.74) is -0.629. The normalized spacial score (nSPS) is 14.9. The average molecular weight is 206 g/mol. The van der Waals surface area contributed by atoms with E-state index in [1.807, 2.05) is 0 Å². The Kier molecular flexibility index (Phi) is 2.32. The quantitative estimate of drug-likeness (QED) is 0.819. The third-order valence-corrected chi connectivity index (χ3v) is 2.41. The summed E-state index contributed by atoms with van der Waals surface area (Å²) in [4.78, 5) is 0. The molecule has 3 heteroatoms. The van der Waals surface area contributed by atoms with Gasteiger partial charge in [-0.15, -0.1) is 0 Å². The molecular weight excluding hydrogens is 195 g/mol. The Morgan fingerprint density at radius 3 is 2.40 bits per heavy atom. The zero-order valence-corrected chi connectivity index (χ0v) is 8.27. The number of benzene rings is 1. The van der Waals surface area contributed by atoms with E-state index in [4.69, 9.17) is 4.42 Å². The lowest BCUT2D eigenvalue weighted by molar-refractivity contribution is 0.0767. The van der Waals surface area contributed by atoms with Crippen LogP contribution in [0.5, 0.6) is 0 Å². The van der Waals surface area contributed by atoms with Crippen molar-refractivity contribution < 1.29 is 13.9 Å². The van der Waals surface area contributed by atoms with E-state index >= 15 is 0 Å². The molecule has 0 aliphatic rings. The van der Waals surface area contributed by atoms with Gasteiger partial charge in [0.05, 0.1) is 6.26 Å². The molecule has 0 spiro atoms. The van der Waals surface area contributed by atoms with Gasteiger partial charge < -0.3 is 9.52 Å². The van der Waals surface area contributed by atoms with Crippen molar-refractivity contribution in [2.24, 2.45) is 0 Å². The van der Waals surface area contributed by atoms with Gasteiger partial charge in [-0.05, 0) is 36.8 Å². The number of hydrogen-bond acceptors (Lipinski definition) is 2. The van der Waals surface area contributed by atoms with Gasteiger partial charge in [0, 0.05) is 0 Å². The van der Waals surface area contributed by atoms with Crippen LogP contribution in [0.15, 0.2) is 47.1 Å². The standard InChI is InChI=1S/C12H11FO2/c1-12(14,11-3-2-8-15-11)9-4-6-10(13)7-5-9/h2-8,14H,1H3. The van der Waals surface area contributed by atoms with Crippen molar-refractivity contribution in [3.8, 4) is 0 Å².